The summed E-state index contributed by atoms with van der Waals surface area (Å²) in [6.45, 7) is 0. The Morgan fingerprint density at radius 3 is 1.85 bits per heavy atom. The maximum Gasteiger partial charge on any atom is 0.163 e. The Bertz CT molecular complexity index is 671. The molecule has 0 unspecified atom stereocenters. The summed E-state index contributed by atoms with van der Waals surface area (Å²) < 4.78 is 26.0. The van der Waals surface area contributed by atoms with Crippen molar-refractivity contribution in [3.05, 3.63) is 60.2 Å². The third-order valence-corrected chi connectivity index (χ3v) is 3.15. The van der Waals surface area contributed by atoms with E-state index in [9.17, 15) is 8.78 Å². The van der Waals surface area contributed by atoms with Crippen LogP contribution in [0.3, 0.4) is 0 Å². The molecule has 5 heteroatoms. The van der Waals surface area contributed by atoms with Gasteiger partial charge in [0.15, 0.2) is 5.16 Å². The normalized spacial score (nSPS) is 10.8. The number of hydrogen-bond acceptors (Lipinski definition) is 2. The molecule has 1 heterocycles. The molecular formula is C15H10F2N2S. The van der Waals surface area contributed by atoms with Gasteiger partial charge in [-0.15, -0.1) is 12.6 Å². The van der Waals surface area contributed by atoms with Crippen LogP contribution in [0.4, 0.5) is 8.78 Å². The van der Waals surface area contributed by atoms with Crippen LogP contribution in [0.2, 0.25) is 0 Å². The van der Waals surface area contributed by atoms with Gasteiger partial charge in [-0.05, 0) is 48.5 Å². The van der Waals surface area contributed by atoms with Crippen LogP contribution < -0.4 is 0 Å². The molecule has 1 aromatic heterocycles. The molecule has 0 atom stereocenters. The molecule has 0 saturated carbocycles. The minimum atomic E-state index is -0.307. The lowest BCUT2D eigenvalue weighted by Gasteiger charge is -2.03. The summed E-state index contributed by atoms with van der Waals surface area (Å²) in [7, 11) is 0. The van der Waals surface area contributed by atoms with Crippen LogP contribution in [0.5, 0.6) is 0 Å². The lowest BCUT2D eigenvalue weighted by Crippen LogP contribution is -1.85. The van der Waals surface area contributed by atoms with Crippen LogP contribution in [-0.2, 0) is 0 Å². The predicted molar refractivity (Wildman–Crippen MR) is 76.6 cm³/mol. The van der Waals surface area contributed by atoms with Gasteiger partial charge < -0.3 is 4.98 Å². The van der Waals surface area contributed by atoms with Crippen molar-refractivity contribution in [1.29, 1.82) is 0 Å². The molecule has 0 spiro atoms. The fourth-order valence-electron chi connectivity index (χ4n) is 2.00. The van der Waals surface area contributed by atoms with Gasteiger partial charge in [-0.1, -0.05) is 0 Å². The highest BCUT2D eigenvalue weighted by Gasteiger charge is 2.13. The second kappa shape index (κ2) is 5.09. The summed E-state index contributed by atoms with van der Waals surface area (Å²) in [4.78, 5) is 7.33. The van der Waals surface area contributed by atoms with E-state index >= 15 is 0 Å². The second-order valence-corrected chi connectivity index (χ2v) is 4.72. The number of imidazole rings is 1. The molecule has 2 aromatic carbocycles. The van der Waals surface area contributed by atoms with Crippen molar-refractivity contribution in [3.63, 3.8) is 0 Å². The van der Waals surface area contributed by atoms with E-state index in [0.717, 1.165) is 16.8 Å². The number of hydrogen-bond donors (Lipinski definition) is 2. The van der Waals surface area contributed by atoms with Gasteiger partial charge in [-0.3, -0.25) is 0 Å². The molecule has 1 N–H and O–H groups in total. The van der Waals surface area contributed by atoms with Gasteiger partial charge in [0.05, 0.1) is 11.4 Å². The smallest absolute Gasteiger partial charge is 0.163 e. The Balaban J connectivity index is 2.12. The Hall–Kier alpha value is -2.14. The van der Waals surface area contributed by atoms with E-state index in [-0.39, 0.29) is 11.6 Å². The van der Waals surface area contributed by atoms with Crippen molar-refractivity contribution >= 4 is 12.6 Å². The average Bonchev–Trinajstić information content (AvgIpc) is 2.82. The van der Waals surface area contributed by atoms with Crippen molar-refractivity contribution in [3.8, 4) is 22.5 Å². The molecule has 3 aromatic rings. The number of H-pyrrole nitrogens is 1. The SMILES string of the molecule is Fc1ccc(-c2nc(S)[nH]c2-c2ccc(F)cc2)cc1. The molecule has 2 nitrogen and oxygen atoms in total. The molecule has 0 fully saturated rings. The van der Waals surface area contributed by atoms with Gasteiger partial charge in [-0.2, -0.15) is 0 Å². The molecule has 20 heavy (non-hydrogen) atoms. The molecule has 0 radical (unpaired) electrons. The molecule has 0 amide bonds. The van der Waals surface area contributed by atoms with E-state index in [1.807, 2.05) is 0 Å². The Morgan fingerprint density at radius 2 is 1.30 bits per heavy atom. The van der Waals surface area contributed by atoms with Gasteiger partial charge in [0, 0.05) is 11.1 Å². The van der Waals surface area contributed by atoms with Crippen molar-refractivity contribution in [2.45, 2.75) is 5.16 Å². The summed E-state index contributed by atoms with van der Waals surface area (Å²) in [5.74, 6) is -0.610. The van der Waals surface area contributed by atoms with Crippen molar-refractivity contribution in [1.82, 2.24) is 9.97 Å². The van der Waals surface area contributed by atoms with Crippen LogP contribution in [0, 0.1) is 11.6 Å². The zero-order valence-corrected chi connectivity index (χ0v) is 11.2. The fourth-order valence-corrected chi connectivity index (χ4v) is 2.21. The Kier molecular flexibility index (Phi) is 3.28. The molecule has 100 valence electrons. The zero-order valence-electron chi connectivity index (χ0n) is 10.3. The summed E-state index contributed by atoms with van der Waals surface area (Å²) in [6.07, 6.45) is 0. The number of thiol groups is 1. The monoisotopic (exact) mass is 288 g/mol. The highest BCUT2D eigenvalue weighted by atomic mass is 32.1. The third kappa shape index (κ3) is 2.44. The quantitative estimate of drug-likeness (QED) is 0.676. The number of aromatic nitrogens is 2. The van der Waals surface area contributed by atoms with Crippen molar-refractivity contribution in [2.75, 3.05) is 0 Å². The van der Waals surface area contributed by atoms with Gasteiger partial charge in [0.1, 0.15) is 11.6 Å². The van der Waals surface area contributed by atoms with Crippen LogP contribution in [0.1, 0.15) is 0 Å². The zero-order chi connectivity index (χ0) is 14.1. The predicted octanol–water partition coefficient (Wildman–Crippen LogP) is 4.31. The second-order valence-electron chi connectivity index (χ2n) is 4.30. The minimum Gasteiger partial charge on any atom is -0.333 e. The van der Waals surface area contributed by atoms with Crippen LogP contribution >= 0.6 is 12.6 Å². The molecule has 0 saturated heterocycles. The number of rotatable bonds is 2. The van der Waals surface area contributed by atoms with E-state index in [1.54, 1.807) is 24.3 Å². The number of nitrogens with one attached hydrogen (secondary N) is 1. The summed E-state index contributed by atoms with van der Waals surface area (Å²) >= 11 is 4.20. The lowest BCUT2D eigenvalue weighted by atomic mass is 10.1. The number of nitrogens with zero attached hydrogens (tertiary/aromatic N) is 1. The highest BCUT2D eigenvalue weighted by Crippen LogP contribution is 2.31. The van der Waals surface area contributed by atoms with E-state index in [0.29, 0.717) is 10.9 Å². The maximum atomic E-state index is 13.0. The molecule has 0 aliphatic carbocycles. The number of aromatic amines is 1. The number of halogens is 2. The highest BCUT2D eigenvalue weighted by molar-refractivity contribution is 7.80. The molecule has 0 aliphatic rings. The van der Waals surface area contributed by atoms with E-state index in [1.165, 1.54) is 24.3 Å². The van der Waals surface area contributed by atoms with Gasteiger partial charge in [0.25, 0.3) is 0 Å². The standard InChI is InChI=1S/C15H10F2N2S/c16-11-5-1-9(2-6-11)13-14(19-15(20)18-13)10-3-7-12(17)8-4-10/h1-8H,(H2,18,19,20). The van der Waals surface area contributed by atoms with Crippen molar-refractivity contribution in [2.24, 2.45) is 0 Å². The maximum absolute atomic E-state index is 13.0. The average molecular weight is 288 g/mol. The Labute approximate surface area is 119 Å². The molecule has 3 rings (SSSR count). The largest absolute Gasteiger partial charge is 0.333 e. The van der Waals surface area contributed by atoms with Crippen LogP contribution in [0.25, 0.3) is 22.5 Å². The van der Waals surface area contributed by atoms with E-state index in [4.69, 9.17) is 0 Å². The molecular weight excluding hydrogens is 278 g/mol. The lowest BCUT2D eigenvalue weighted by molar-refractivity contribution is 0.627. The fraction of sp³-hybridized carbons (Fsp3) is 0. The molecule has 0 bridgehead atoms. The summed E-state index contributed by atoms with van der Waals surface area (Å²) in [6, 6.07) is 12.1. The van der Waals surface area contributed by atoms with Gasteiger partial charge >= 0.3 is 0 Å². The molecule has 0 aliphatic heterocycles. The van der Waals surface area contributed by atoms with Crippen molar-refractivity contribution < 1.29 is 8.78 Å². The topological polar surface area (TPSA) is 28.7 Å². The first kappa shape index (κ1) is 12.9. The van der Waals surface area contributed by atoms with Crippen LogP contribution in [-0.4, -0.2) is 9.97 Å². The van der Waals surface area contributed by atoms with Gasteiger partial charge in [0.2, 0.25) is 0 Å². The van der Waals surface area contributed by atoms with Gasteiger partial charge in [-0.25, -0.2) is 13.8 Å². The third-order valence-electron chi connectivity index (χ3n) is 2.94. The number of benzene rings is 2. The minimum absolute atomic E-state index is 0.303. The summed E-state index contributed by atoms with van der Waals surface area (Å²) in [5.41, 5.74) is 2.93. The Morgan fingerprint density at radius 1 is 0.800 bits per heavy atom. The first-order chi connectivity index (χ1) is 9.63. The van der Waals surface area contributed by atoms with Crippen LogP contribution in [0.15, 0.2) is 53.7 Å². The first-order valence-corrected chi connectivity index (χ1v) is 6.39. The van der Waals surface area contributed by atoms with E-state index in [2.05, 4.69) is 22.6 Å². The summed E-state index contributed by atoms with van der Waals surface area (Å²) in [5, 5.41) is 0.448. The van der Waals surface area contributed by atoms with E-state index < -0.39 is 0 Å². The first-order valence-electron chi connectivity index (χ1n) is 5.94.